The number of aromatic nitrogens is 1. The molecule has 0 saturated carbocycles. The maximum Gasteiger partial charge on any atom is 0.420 e. The quantitative estimate of drug-likeness (QED) is 0.815. The van der Waals surface area contributed by atoms with Gasteiger partial charge in [-0.3, -0.25) is 4.98 Å². The lowest BCUT2D eigenvalue weighted by molar-refractivity contribution is -0.138. The average Bonchev–Trinajstić information content (AvgIpc) is 2.37. The van der Waals surface area contributed by atoms with Crippen molar-refractivity contribution < 1.29 is 17.9 Å². The number of methoxy groups -OCH3 is 1. The molecule has 0 saturated heterocycles. The van der Waals surface area contributed by atoms with Crippen molar-refractivity contribution in [3.05, 3.63) is 48.3 Å². The van der Waals surface area contributed by atoms with E-state index in [2.05, 4.69) is 11.1 Å². The molecule has 0 unspecified atom stereocenters. The van der Waals surface area contributed by atoms with Gasteiger partial charge in [0.2, 0.25) is 0 Å². The molecule has 2 nitrogen and oxygen atoms in total. The minimum absolute atomic E-state index is 0.214. The highest BCUT2D eigenvalue weighted by atomic mass is 19.4. The summed E-state index contributed by atoms with van der Waals surface area (Å²) in [5, 5.41) is 0. The Morgan fingerprint density at radius 2 is 2.06 bits per heavy atom. The highest BCUT2D eigenvalue weighted by Crippen LogP contribution is 2.41. The number of nitrogens with zero attached hydrogens (tertiary/aromatic N) is 1. The van der Waals surface area contributed by atoms with E-state index >= 15 is 0 Å². The van der Waals surface area contributed by atoms with E-state index in [4.69, 9.17) is 4.74 Å². The van der Waals surface area contributed by atoms with Crippen molar-refractivity contribution in [2.75, 3.05) is 7.11 Å². The summed E-state index contributed by atoms with van der Waals surface area (Å²) in [6.45, 7) is 0. The van der Waals surface area contributed by atoms with Gasteiger partial charge in [-0.2, -0.15) is 13.2 Å². The molecule has 0 aliphatic rings. The van der Waals surface area contributed by atoms with E-state index in [1.807, 2.05) is 0 Å². The van der Waals surface area contributed by atoms with Crippen molar-refractivity contribution in [3.8, 4) is 16.9 Å². The van der Waals surface area contributed by atoms with Crippen LogP contribution in [0, 0.1) is 6.07 Å². The highest BCUT2D eigenvalue weighted by molar-refractivity contribution is 5.71. The second kappa shape index (κ2) is 4.68. The van der Waals surface area contributed by atoms with E-state index in [0.717, 1.165) is 6.07 Å². The standard InChI is InChI=1S/C13H9F3NO/c1-18-12-10(9-4-3-7-17-8-9)5-2-6-11(12)13(14,15)16/h3-8H,1H3. The van der Waals surface area contributed by atoms with Crippen molar-refractivity contribution in [1.82, 2.24) is 4.98 Å². The van der Waals surface area contributed by atoms with Crippen LogP contribution in [0.15, 0.2) is 36.7 Å². The summed E-state index contributed by atoms with van der Waals surface area (Å²) in [7, 11) is 1.21. The molecule has 0 N–H and O–H groups in total. The second-order valence-electron chi connectivity index (χ2n) is 3.56. The zero-order chi connectivity index (χ0) is 13.2. The van der Waals surface area contributed by atoms with Crippen LogP contribution in [0.1, 0.15) is 5.56 Å². The van der Waals surface area contributed by atoms with Crippen LogP contribution in [-0.2, 0) is 6.18 Å². The van der Waals surface area contributed by atoms with Crippen LogP contribution in [0.2, 0.25) is 0 Å². The van der Waals surface area contributed by atoms with Gasteiger partial charge in [0.1, 0.15) is 5.75 Å². The Labute approximate surface area is 102 Å². The molecule has 0 aliphatic carbocycles. The molecular formula is C13H9F3NO. The van der Waals surface area contributed by atoms with E-state index in [-0.39, 0.29) is 5.75 Å². The smallest absolute Gasteiger partial charge is 0.420 e. The van der Waals surface area contributed by atoms with Gasteiger partial charge in [-0.25, -0.2) is 0 Å². The number of halogens is 3. The number of hydrogen-bond donors (Lipinski definition) is 0. The third-order valence-corrected chi connectivity index (χ3v) is 2.43. The van der Waals surface area contributed by atoms with E-state index < -0.39 is 11.7 Å². The molecule has 0 amide bonds. The lowest BCUT2D eigenvalue weighted by atomic mass is 10.0. The fourth-order valence-corrected chi connectivity index (χ4v) is 1.65. The van der Waals surface area contributed by atoms with Gasteiger partial charge in [-0.15, -0.1) is 0 Å². The third-order valence-electron chi connectivity index (χ3n) is 2.43. The zero-order valence-electron chi connectivity index (χ0n) is 9.45. The molecule has 1 heterocycles. The molecule has 1 aromatic heterocycles. The lowest BCUT2D eigenvalue weighted by Crippen LogP contribution is -2.08. The predicted octanol–water partition coefficient (Wildman–Crippen LogP) is 3.58. The van der Waals surface area contributed by atoms with Crippen LogP contribution in [0.4, 0.5) is 13.2 Å². The summed E-state index contributed by atoms with van der Waals surface area (Å²) in [4.78, 5) is 3.88. The van der Waals surface area contributed by atoms with Crippen molar-refractivity contribution in [3.63, 3.8) is 0 Å². The molecule has 2 rings (SSSR count). The fraction of sp³-hybridized carbons (Fsp3) is 0.154. The normalized spacial score (nSPS) is 11.3. The molecule has 1 radical (unpaired) electrons. The minimum atomic E-state index is -4.47. The van der Waals surface area contributed by atoms with E-state index in [1.165, 1.54) is 19.4 Å². The topological polar surface area (TPSA) is 22.1 Å². The second-order valence-corrected chi connectivity index (χ2v) is 3.56. The monoisotopic (exact) mass is 252 g/mol. The highest BCUT2D eigenvalue weighted by Gasteiger charge is 2.35. The maximum absolute atomic E-state index is 12.8. The van der Waals surface area contributed by atoms with Crippen molar-refractivity contribution >= 4 is 0 Å². The molecule has 0 atom stereocenters. The van der Waals surface area contributed by atoms with Crippen LogP contribution in [-0.4, -0.2) is 12.1 Å². The van der Waals surface area contributed by atoms with Gasteiger partial charge in [-0.05, 0) is 24.3 Å². The number of pyridine rings is 1. The summed E-state index contributed by atoms with van der Waals surface area (Å²) in [5.41, 5.74) is 0.0310. The van der Waals surface area contributed by atoms with E-state index in [1.54, 1.807) is 18.3 Å². The van der Waals surface area contributed by atoms with E-state index in [0.29, 0.717) is 11.1 Å². The average molecular weight is 252 g/mol. The molecular weight excluding hydrogens is 243 g/mol. The number of benzene rings is 1. The molecule has 5 heteroatoms. The third kappa shape index (κ3) is 2.30. The van der Waals surface area contributed by atoms with Gasteiger partial charge in [0.15, 0.2) is 0 Å². The van der Waals surface area contributed by atoms with Gasteiger partial charge in [0.05, 0.1) is 12.7 Å². The SMILES string of the molecule is COc1c(-c2cccnc2)c[c]cc1C(F)(F)F. The van der Waals surface area contributed by atoms with Gasteiger partial charge in [0.25, 0.3) is 0 Å². The van der Waals surface area contributed by atoms with Crippen molar-refractivity contribution in [2.45, 2.75) is 6.18 Å². The van der Waals surface area contributed by atoms with Crippen LogP contribution in [0.3, 0.4) is 0 Å². The predicted molar refractivity (Wildman–Crippen MR) is 60.1 cm³/mol. The molecule has 18 heavy (non-hydrogen) atoms. The molecule has 0 aliphatic heterocycles. The maximum atomic E-state index is 12.8. The Morgan fingerprint density at radius 3 is 2.61 bits per heavy atom. The number of hydrogen-bond acceptors (Lipinski definition) is 2. The molecule has 0 fully saturated rings. The summed E-state index contributed by atoms with van der Waals surface area (Å²) >= 11 is 0. The van der Waals surface area contributed by atoms with Crippen LogP contribution in [0.5, 0.6) is 5.75 Å². The van der Waals surface area contributed by atoms with Crippen LogP contribution in [0.25, 0.3) is 11.1 Å². The first kappa shape index (κ1) is 12.4. The Morgan fingerprint density at radius 1 is 1.28 bits per heavy atom. The molecule has 1 aromatic carbocycles. The van der Waals surface area contributed by atoms with Crippen molar-refractivity contribution in [2.24, 2.45) is 0 Å². The summed E-state index contributed by atoms with van der Waals surface area (Å²) in [6, 6.07) is 8.12. The lowest BCUT2D eigenvalue weighted by Gasteiger charge is -2.15. The first-order valence-corrected chi connectivity index (χ1v) is 5.09. The minimum Gasteiger partial charge on any atom is -0.495 e. The number of rotatable bonds is 2. The zero-order valence-corrected chi connectivity index (χ0v) is 9.45. The Kier molecular flexibility index (Phi) is 3.23. The Balaban J connectivity index is 2.63. The van der Waals surface area contributed by atoms with Gasteiger partial charge >= 0.3 is 6.18 Å². The molecule has 2 aromatic rings. The molecule has 93 valence electrons. The van der Waals surface area contributed by atoms with Gasteiger partial charge in [-0.1, -0.05) is 6.07 Å². The summed E-state index contributed by atoms with van der Waals surface area (Å²) in [5.74, 6) is -0.214. The molecule has 0 bridgehead atoms. The van der Waals surface area contributed by atoms with Gasteiger partial charge in [0, 0.05) is 23.5 Å². The fourth-order valence-electron chi connectivity index (χ4n) is 1.65. The Hall–Kier alpha value is -2.04. The summed E-state index contributed by atoms with van der Waals surface area (Å²) in [6.07, 6.45) is -1.45. The van der Waals surface area contributed by atoms with Crippen LogP contribution < -0.4 is 4.74 Å². The number of ether oxygens (including phenoxy) is 1. The molecule has 0 spiro atoms. The first-order chi connectivity index (χ1) is 8.54. The van der Waals surface area contributed by atoms with Crippen molar-refractivity contribution in [1.29, 1.82) is 0 Å². The first-order valence-electron chi connectivity index (χ1n) is 5.09. The number of alkyl halides is 3. The largest absolute Gasteiger partial charge is 0.495 e. The van der Waals surface area contributed by atoms with Gasteiger partial charge < -0.3 is 4.74 Å². The van der Waals surface area contributed by atoms with Crippen LogP contribution >= 0.6 is 0 Å². The van der Waals surface area contributed by atoms with E-state index in [9.17, 15) is 13.2 Å². The summed E-state index contributed by atoms with van der Waals surface area (Å²) < 4.78 is 43.3. The Bertz CT molecular complexity index is 538.